The monoisotopic (exact) mass is 282 g/mol. The van der Waals surface area contributed by atoms with Gasteiger partial charge in [-0.3, -0.25) is 4.79 Å². The average Bonchev–Trinajstić information content (AvgIpc) is 2.53. The van der Waals surface area contributed by atoms with E-state index in [0.29, 0.717) is 6.42 Å². The van der Waals surface area contributed by atoms with Gasteiger partial charge in [0.15, 0.2) is 0 Å². The number of aromatic hydroxyl groups is 1. The second-order valence-corrected chi connectivity index (χ2v) is 4.77. The van der Waals surface area contributed by atoms with Gasteiger partial charge in [0, 0.05) is 0 Å². The van der Waals surface area contributed by atoms with Gasteiger partial charge in [0.05, 0.1) is 13.0 Å². The molecular weight excluding hydrogens is 264 g/mol. The van der Waals surface area contributed by atoms with Crippen molar-refractivity contribution in [3.8, 4) is 5.75 Å². The van der Waals surface area contributed by atoms with Gasteiger partial charge in [-0.1, -0.05) is 54.6 Å². The highest BCUT2D eigenvalue weighted by molar-refractivity contribution is 5.76. The number of rotatable bonds is 5. The van der Waals surface area contributed by atoms with Crippen molar-refractivity contribution in [1.29, 1.82) is 0 Å². The zero-order valence-corrected chi connectivity index (χ0v) is 11.9. The number of carbonyl (C=O) groups excluding carboxylic acids is 1. The van der Waals surface area contributed by atoms with E-state index in [0.717, 1.165) is 11.1 Å². The highest BCUT2D eigenvalue weighted by atomic mass is 16.5. The van der Waals surface area contributed by atoms with Crippen LogP contribution in [0.1, 0.15) is 11.1 Å². The first kappa shape index (κ1) is 14.9. The van der Waals surface area contributed by atoms with E-state index in [2.05, 4.69) is 0 Å². The Morgan fingerprint density at radius 3 is 2.43 bits per heavy atom. The molecular formula is C18H18O3. The maximum Gasteiger partial charge on any atom is 0.312 e. The molecule has 21 heavy (non-hydrogen) atoms. The van der Waals surface area contributed by atoms with Crippen molar-refractivity contribution in [3.05, 3.63) is 71.8 Å². The van der Waals surface area contributed by atoms with E-state index in [4.69, 9.17) is 4.74 Å². The molecule has 0 fully saturated rings. The molecule has 1 N–H and O–H groups in total. The van der Waals surface area contributed by atoms with Gasteiger partial charge in [0.2, 0.25) is 0 Å². The largest absolute Gasteiger partial charge is 0.508 e. The van der Waals surface area contributed by atoms with Gasteiger partial charge in [-0.25, -0.2) is 0 Å². The van der Waals surface area contributed by atoms with Crippen molar-refractivity contribution in [2.75, 3.05) is 7.11 Å². The Balaban J connectivity index is 2.13. The fraction of sp³-hybridized carbons (Fsp3) is 0.167. The van der Waals surface area contributed by atoms with Crippen LogP contribution in [0, 0.1) is 5.92 Å². The minimum absolute atomic E-state index is 0.223. The molecule has 2 aromatic rings. The number of hydrogen-bond acceptors (Lipinski definition) is 3. The minimum Gasteiger partial charge on any atom is -0.508 e. The third kappa shape index (κ3) is 4.49. The van der Waals surface area contributed by atoms with Crippen LogP contribution in [0.25, 0.3) is 6.08 Å². The van der Waals surface area contributed by atoms with Gasteiger partial charge in [-0.15, -0.1) is 0 Å². The van der Waals surface area contributed by atoms with Crippen LogP contribution >= 0.6 is 0 Å². The molecule has 1 atom stereocenters. The zero-order valence-electron chi connectivity index (χ0n) is 11.9. The number of hydrogen-bond donors (Lipinski definition) is 1. The lowest BCUT2D eigenvalue weighted by Crippen LogP contribution is -2.16. The van der Waals surface area contributed by atoms with Gasteiger partial charge < -0.3 is 9.84 Å². The molecule has 0 saturated heterocycles. The predicted octanol–water partition coefficient (Wildman–Crippen LogP) is 3.44. The van der Waals surface area contributed by atoms with E-state index in [1.807, 2.05) is 42.5 Å². The molecule has 0 bridgehead atoms. The van der Waals surface area contributed by atoms with Crippen molar-refractivity contribution >= 4 is 12.0 Å². The van der Waals surface area contributed by atoms with E-state index >= 15 is 0 Å². The quantitative estimate of drug-likeness (QED) is 0.855. The topological polar surface area (TPSA) is 46.5 Å². The maximum absolute atomic E-state index is 11.9. The van der Waals surface area contributed by atoms with Crippen LogP contribution in [0.15, 0.2) is 60.7 Å². The summed E-state index contributed by atoms with van der Waals surface area (Å²) in [5.41, 5.74) is 2.01. The normalized spacial score (nSPS) is 12.2. The van der Waals surface area contributed by atoms with Gasteiger partial charge in [0.25, 0.3) is 0 Å². The lowest BCUT2D eigenvalue weighted by atomic mass is 9.98. The van der Waals surface area contributed by atoms with Crippen LogP contribution in [0.3, 0.4) is 0 Å². The van der Waals surface area contributed by atoms with Crippen LogP contribution in [0.2, 0.25) is 0 Å². The Morgan fingerprint density at radius 2 is 1.81 bits per heavy atom. The molecule has 1 unspecified atom stereocenters. The van der Waals surface area contributed by atoms with Crippen molar-refractivity contribution in [2.45, 2.75) is 6.42 Å². The first-order valence-electron chi connectivity index (χ1n) is 6.78. The van der Waals surface area contributed by atoms with E-state index in [1.54, 1.807) is 24.3 Å². The number of phenolic OH excluding ortho intramolecular Hbond substituents is 1. The molecule has 108 valence electrons. The Labute approximate surface area is 124 Å². The lowest BCUT2D eigenvalue weighted by molar-refractivity contribution is -0.143. The Bertz CT molecular complexity index is 600. The van der Waals surface area contributed by atoms with Gasteiger partial charge >= 0.3 is 5.97 Å². The molecule has 2 aromatic carbocycles. The van der Waals surface area contributed by atoms with Crippen LogP contribution in [0.4, 0.5) is 0 Å². The highest BCUT2D eigenvalue weighted by Crippen LogP contribution is 2.15. The second kappa shape index (κ2) is 7.29. The predicted molar refractivity (Wildman–Crippen MR) is 82.8 cm³/mol. The van der Waals surface area contributed by atoms with Crippen LogP contribution in [-0.2, 0) is 16.0 Å². The molecule has 0 radical (unpaired) electrons. The van der Waals surface area contributed by atoms with E-state index in [1.165, 1.54) is 7.11 Å². The lowest BCUT2D eigenvalue weighted by Gasteiger charge is -2.10. The third-order valence-electron chi connectivity index (χ3n) is 3.22. The summed E-state index contributed by atoms with van der Waals surface area (Å²) in [6, 6.07) is 16.7. The molecule has 3 heteroatoms. The van der Waals surface area contributed by atoms with Crippen LogP contribution in [-0.4, -0.2) is 18.2 Å². The number of esters is 1. The first-order valence-corrected chi connectivity index (χ1v) is 6.78. The van der Waals surface area contributed by atoms with Gasteiger partial charge in [-0.05, 0) is 29.7 Å². The van der Waals surface area contributed by atoms with E-state index in [-0.39, 0.29) is 17.6 Å². The number of methoxy groups -OCH3 is 1. The molecule has 3 nitrogen and oxygen atoms in total. The number of benzene rings is 2. The maximum atomic E-state index is 11.9. The third-order valence-corrected chi connectivity index (χ3v) is 3.22. The molecule has 0 aromatic heterocycles. The summed E-state index contributed by atoms with van der Waals surface area (Å²) in [6.45, 7) is 0. The molecule has 2 rings (SSSR count). The molecule has 0 spiro atoms. The van der Waals surface area contributed by atoms with Crippen molar-refractivity contribution in [1.82, 2.24) is 0 Å². The smallest absolute Gasteiger partial charge is 0.312 e. The Kier molecular flexibility index (Phi) is 5.16. The fourth-order valence-electron chi connectivity index (χ4n) is 2.06. The molecule has 0 saturated carbocycles. The number of phenols is 1. The molecule has 0 heterocycles. The van der Waals surface area contributed by atoms with Crippen molar-refractivity contribution in [2.24, 2.45) is 5.92 Å². The average molecular weight is 282 g/mol. The standard InChI is InChI=1S/C18H18O3/c1-21-18(20)16(13-15-5-3-2-4-6-15)10-7-14-8-11-17(19)12-9-14/h2-12,16,19H,13H2,1H3. The summed E-state index contributed by atoms with van der Waals surface area (Å²) in [4.78, 5) is 11.9. The Hall–Kier alpha value is -2.55. The molecule has 0 aliphatic heterocycles. The van der Waals surface area contributed by atoms with Crippen LogP contribution < -0.4 is 0 Å². The van der Waals surface area contributed by atoms with E-state index < -0.39 is 0 Å². The number of carbonyl (C=O) groups is 1. The van der Waals surface area contributed by atoms with Gasteiger partial charge in [0.1, 0.15) is 5.75 Å². The first-order chi connectivity index (χ1) is 10.2. The summed E-state index contributed by atoms with van der Waals surface area (Å²) >= 11 is 0. The fourth-order valence-corrected chi connectivity index (χ4v) is 2.06. The summed E-state index contributed by atoms with van der Waals surface area (Å²) in [7, 11) is 1.40. The highest BCUT2D eigenvalue weighted by Gasteiger charge is 2.16. The zero-order chi connectivity index (χ0) is 15.1. The van der Waals surface area contributed by atoms with E-state index in [9.17, 15) is 9.90 Å². The summed E-state index contributed by atoms with van der Waals surface area (Å²) < 4.78 is 4.86. The van der Waals surface area contributed by atoms with Gasteiger partial charge in [-0.2, -0.15) is 0 Å². The summed E-state index contributed by atoms with van der Waals surface area (Å²) in [5.74, 6) is -0.360. The summed E-state index contributed by atoms with van der Waals surface area (Å²) in [6.07, 6.45) is 4.30. The number of ether oxygens (including phenoxy) is 1. The second-order valence-electron chi connectivity index (χ2n) is 4.77. The SMILES string of the molecule is COC(=O)C(C=Cc1ccc(O)cc1)Cc1ccccc1. The van der Waals surface area contributed by atoms with Crippen LogP contribution in [0.5, 0.6) is 5.75 Å². The Morgan fingerprint density at radius 1 is 1.14 bits per heavy atom. The molecule has 0 aliphatic rings. The van der Waals surface area contributed by atoms with Crippen molar-refractivity contribution in [3.63, 3.8) is 0 Å². The summed E-state index contributed by atoms with van der Waals surface area (Å²) in [5, 5.41) is 9.26. The minimum atomic E-state index is -0.328. The van der Waals surface area contributed by atoms with Crippen molar-refractivity contribution < 1.29 is 14.6 Å². The molecule has 0 amide bonds. The molecule has 0 aliphatic carbocycles.